The summed E-state index contributed by atoms with van der Waals surface area (Å²) in [6.07, 6.45) is 1.52. The molecule has 0 spiro atoms. The van der Waals surface area contributed by atoms with E-state index in [4.69, 9.17) is 4.74 Å². The highest BCUT2D eigenvalue weighted by Gasteiger charge is 2.09. The Morgan fingerprint density at radius 2 is 2.00 bits per heavy atom. The Morgan fingerprint density at radius 1 is 1.28 bits per heavy atom. The van der Waals surface area contributed by atoms with Crippen molar-refractivity contribution in [2.45, 2.75) is 26.2 Å². The number of hydrogen-bond acceptors (Lipinski definition) is 3. The molecule has 1 amide bonds. The second kappa shape index (κ2) is 7.48. The summed E-state index contributed by atoms with van der Waals surface area (Å²) in [5.74, 6) is 0.662. The van der Waals surface area contributed by atoms with Gasteiger partial charge in [0, 0.05) is 19.9 Å². The number of carbonyl (C=O) groups excluding carboxylic acids is 2. The molecular formula is C14H19NO3. The van der Waals surface area contributed by atoms with Crippen molar-refractivity contribution in [3.63, 3.8) is 0 Å². The van der Waals surface area contributed by atoms with Crippen LogP contribution in [0.25, 0.3) is 0 Å². The lowest BCUT2D eigenvalue weighted by molar-refractivity contribution is -0.120. The Morgan fingerprint density at radius 3 is 2.67 bits per heavy atom. The molecule has 0 aliphatic rings. The molecule has 1 N–H and O–H groups in total. The van der Waals surface area contributed by atoms with Crippen molar-refractivity contribution in [1.82, 2.24) is 5.32 Å². The van der Waals surface area contributed by atoms with Crippen molar-refractivity contribution in [3.8, 4) is 5.75 Å². The van der Waals surface area contributed by atoms with Crippen LogP contribution in [0, 0.1) is 0 Å². The molecule has 0 bridgehead atoms. The molecular weight excluding hydrogens is 230 g/mol. The molecule has 0 heterocycles. The molecule has 0 unspecified atom stereocenters. The first kappa shape index (κ1) is 14.2. The van der Waals surface area contributed by atoms with E-state index in [2.05, 4.69) is 5.32 Å². The monoisotopic (exact) mass is 249 g/mol. The molecule has 1 aromatic rings. The molecule has 0 aromatic heterocycles. The highest BCUT2D eigenvalue weighted by molar-refractivity contribution is 5.98. The zero-order chi connectivity index (χ0) is 13.4. The van der Waals surface area contributed by atoms with Crippen LogP contribution in [0.2, 0.25) is 0 Å². The first-order valence-electron chi connectivity index (χ1n) is 6.14. The summed E-state index contributed by atoms with van der Waals surface area (Å²) < 4.78 is 5.55. The molecule has 1 rings (SSSR count). The molecule has 4 heteroatoms. The summed E-state index contributed by atoms with van der Waals surface area (Å²) in [5.41, 5.74) is 0.611. The molecule has 0 saturated heterocycles. The van der Waals surface area contributed by atoms with Gasteiger partial charge in [0.05, 0.1) is 12.2 Å². The number of amides is 1. The molecule has 0 aliphatic heterocycles. The Balaban J connectivity index is 2.51. The fourth-order valence-corrected chi connectivity index (χ4v) is 1.55. The zero-order valence-corrected chi connectivity index (χ0v) is 10.9. The van der Waals surface area contributed by atoms with Gasteiger partial charge >= 0.3 is 0 Å². The van der Waals surface area contributed by atoms with Gasteiger partial charge in [-0.2, -0.15) is 0 Å². The number of ether oxygens (including phenoxy) is 1. The van der Waals surface area contributed by atoms with Crippen molar-refractivity contribution >= 4 is 11.7 Å². The smallest absolute Gasteiger partial charge is 0.219 e. The maximum atomic E-state index is 11.7. The third-order valence-electron chi connectivity index (χ3n) is 2.59. The quantitative estimate of drug-likeness (QED) is 0.595. The first-order valence-corrected chi connectivity index (χ1v) is 6.14. The number of ketones is 1. The van der Waals surface area contributed by atoms with Gasteiger partial charge in [-0.3, -0.25) is 9.59 Å². The van der Waals surface area contributed by atoms with E-state index in [0.717, 1.165) is 0 Å². The standard InChI is InChI=1S/C14H19NO3/c1-3-12(16)11-7-4-5-8-13(11)18-10-6-9-14(17)15-2/h4-5,7-8H,3,6,9-10H2,1-2H3,(H,15,17). The molecule has 98 valence electrons. The summed E-state index contributed by atoms with van der Waals surface area (Å²) in [4.78, 5) is 22.7. The van der Waals surface area contributed by atoms with Crippen LogP contribution in [-0.4, -0.2) is 25.3 Å². The summed E-state index contributed by atoms with van der Waals surface area (Å²) in [6.45, 7) is 2.26. The van der Waals surface area contributed by atoms with E-state index in [9.17, 15) is 9.59 Å². The summed E-state index contributed by atoms with van der Waals surface area (Å²) in [7, 11) is 1.61. The summed E-state index contributed by atoms with van der Waals surface area (Å²) in [5, 5.41) is 2.55. The van der Waals surface area contributed by atoms with Crippen LogP contribution in [0.1, 0.15) is 36.5 Å². The average molecular weight is 249 g/mol. The van der Waals surface area contributed by atoms with Crippen LogP contribution >= 0.6 is 0 Å². The van der Waals surface area contributed by atoms with E-state index < -0.39 is 0 Å². The SMILES string of the molecule is CCC(=O)c1ccccc1OCCCC(=O)NC. The number of para-hydroxylation sites is 1. The Bertz CT molecular complexity index is 415. The third kappa shape index (κ3) is 4.20. The average Bonchev–Trinajstić information content (AvgIpc) is 2.42. The van der Waals surface area contributed by atoms with E-state index in [1.807, 2.05) is 19.1 Å². The predicted molar refractivity (Wildman–Crippen MR) is 69.9 cm³/mol. The second-order valence-corrected chi connectivity index (χ2v) is 3.90. The number of nitrogens with one attached hydrogen (secondary N) is 1. The molecule has 0 atom stereocenters. The van der Waals surface area contributed by atoms with Crippen molar-refractivity contribution in [1.29, 1.82) is 0 Å². The largest absolute Gasteiger partial charge is 0.493 e. The van der Waals surface area contributed by atoms with E-state index in [-0.39, 0.29) is 11.7 Å². The van der Waals surface area contributed by atoms with Crippen LogP contribution in [-0.2, 0) is 4.79 Å². The molecule has 0 aliphatic carbocycles. The topological polar surface area (TPSA) is 55.4 Å². The van der Waals surface area contributed by atoms with Gasteiger partial charge < -0.3 is 10.1 Å². The molecule has 1 aromatic carbocycles. The van der Waals surface area contributed by atoms with Crippen molar-refractivity contribution in [2.24, 2.45) is 0 Å². The lowest BCUT2D eigenvalue weighted by atomic mass is 10.1. The Labute approximate surface area is 107 Å². The van der Waals surface area contributed by atoms with E-state index in [1.165, 1.54) is 0 Å². The fourth-order valence-electron chi connectivity index (χ4n) is 1.55. The van der Waals surface area contributed by atoms with Gasteiger partial charge in [0.1, 0.15) is 5.75 Å². The molecule has 4 nitrogen and oxygen atoms in total. The normalized spacial score (nSPS) is 9.89. The van der Waals surface area contributed by atoms with Gasteiger partial charge in [0.15, 0.2) is 5.78 Å². The zero-order valence-electron chi connectivity index (χ0n) is 10.9. The molecule has 0 fully saturated rings. The van der Waals surface area contributed by atoms with Crippen molar-refractivity contribution in [3.05, 3.63) is 29.8 Å². The predicted octanol–water partition coefficient (Wildman–Crippen LogP) is 2.18. The van der Waals surface area contributed by atoms with Gasteiger partial charge in [-0.1, -0.05) is 19.1 Å². The summed E-state index contributed by atoms with van der Waals surface area (Å²) in [6, 6.07) is 7.20. The Kier molecular flexibility index (Phi) is 5.91. The maximum Gasteiger partial charge on any atom is 0.219 e. The minimum Gasteiger partial charge on any atom is -0.493 e. The Hall–Kier alpha value is -1.84. The second-order valence-electron chi connectivity index (χ2n) is 3.90. The number of Topliss-reactive ketones (excluding diaryl/α,β-unsaturated/α-hetero) is 1. The number of benzene rings is 1. The first-order chi connectivity index (χ1) is 8.69. The van der Waals surface area contributed by atoms with Crippen LogP contribution in [0.15, 0.2) is 24.3 Å². The van der Waals surface area contributed by atoms with Crippen LogP contribution in [0.3, 0.4) is 0 Å². The van der Waals surface area contributed by atoms with Crippen molar-refractivity contribution in [2.75, 3.05) is 13.7 Å². The van der Waals surface area contributed by atoms with Gasteiger partial charge in [-0.25, -0.2) is 0 Å². The third-order valence-corrected chi connectivity index (χ3v) is 2.59. The van der Waals surface area contributed by atoms with Gasteiger partial charge in [0.25, 0.3) is 0 Å². The minimum absolute atomic E-state index is 0.00322. The molecule has 0 saturated carbocycles. The highest BCUT2D eigenvalue weighted by Crippen LogP contribution is 2.19. The van der Waals surface area contributed by atoms with E-state index in [1.54, 1.807) is 19.2 Å². The van der Waals surface area contributed by atoms with E-state index >= 15 is 0 Å². The van der Waals surface area contributed by atoms with Crippen LogP contribution in [0.4, 0.5) is 0 Å². The van der Waals surface area contributed by atoms with Crippen LogP contribution < -0.4 is 10.1 Å². The van der Waals surface area contributed by atoms with Gasteiger partial charge in [0.2, 0.25) is 5.91 Å². The lowest BCUT2D eigenvalue weighted by Crippen LogP contribution is -2.18. The van der Waals surface area contributed by atoms with Gasteiger partial charge in [-0.05, 0) is 18.6 Å². The number of rotatable bonds is 7. The maximum absolute atomic E-state index is 11.7. The lowest BCUT2D eigenvalue weighted by Gasteiger charge is -2.09. The van der Waals surface area contributed by atoms with Crippen molar-refractivity contribution < 1.29 is 14.3 Å². The number of hydrogen-bond donors (Lipinski definition) is 1. The van der Waals surface area contributed by atoms with E-state index in [0.29, 0.717) is 37.2 Å². The van der Waals surface area contributed by atoms with Crippen LogP contribution in [0.5, 0.6) is 5.75 Å². The molecule has 0 radical (unpaired) electrons. The minimum atomic E-state index is -0.00322. The highest BCUT2D eigenvalue weighted by atomic mass is 16.5. The number of carbonyl (C=O) groups is 2. The summed E-state index contributed by atoms with van der Waals surface area (Å²) >= 11 is 0. The molecule has 18 heavy (non-hydrogen) atoms. The fraction of sp³-hybridized carbons (Fsp3) is 0.429. The van der Waals surface area contributed by atoms with Gasteiger partial charge in [-0.15, -0.1) is 0 Å².